The molecule has 15 heavy (non-hydrogen) atoms. The molecule has 0 aliphatic heterocycles. The number of H-pyrrole nitrogens is 1. The Morgan fingerprint density at radius 1 is 1.40 bits per heavy atom. The Labute approximate surface area is 93.0 Å². The summed E-state index contributed by atoms with van der Waals surface area (Å²) in [4.78, 5) is 16.9. The van der Waals surface area contributed by atoms with Crippen LogP contribution in [0.4, 0.5) is 0 Å². The van der Waals surface area contributed by atoms with Gasteiger partial charge >= 0.3 is 0 Å². The monoisotopic (exact) mass is 221 g/mol. The highest BCUT2D eigenvalue weighted by molar-refractivity contribution is 7.18. The van der Waals surface area contributed by atoms with Crippen molar-refractivity contribution in [2.45, 2.75) is 33.1 Å². The number of aromatic amines is 1. The molecule has 0 aliphatic rings. The normalized spacial score (nSPS) is 11.5. The van der Waals surface area contributed by atoms with Crippen LogP contribution in [0.2, 0.25) is 0 Å². The fourth-order valence-electron chi connectivity index (χ4n) is 1.61. The third kappa shape index (κ3) is 1.84. The van der Waals surface area contributed by atoms with Crippen LogP contribution in [-0.4, -0.2) is 4.98 Å². The van der Waals surface area contributed by atoms with Gasteiger partial charge in [0, 0.05) is 15.8 Å². The lowest BCUT2D eigenvalue weighted by molar-refractivity contribution is 0.890. The minimum Gasteiger partial charge on any atom is -0.313 e. The van der Waals surface area contributed by atoms with E-state index in [0.717, 1.165) is 16.8 Å². The van der Waals surface area contributed by atoms with Crippen LogP contribution >= 0.6 is 11.3 Å². The number of pyridine rings is 1. The SMILES string of the molecule is CCc1cc2cc(C(C)C)sc2[nH]c1=O. The number of thiophene rings is 1. The van der Waals surface area contributed by atoms with Crippen molar-refractivity contribution in [1.29, 1.82) is 0 Å². The summed E-state index contributed by atoms with van der Waals surface area (Å²) < 4.78 is 0. The zero-order valence-corrected chi connectivity index (χ0v) is 10.1. The number of hydrogen-bond donors (Lipinski definition) is 1. The summed E-state index contributed by atoms with van der Waals surface area (Å²) in [5.74, 6) is 0.524. The Hall–Kier alpha value is -1.09. The van der Waals surface area contributed by atoms with E-state index in [-0.39, 0.29) is 5.56 Å². The lowest BCUT2D eigenvalue weighted by Crippen LogP contribution is -2.10. The number of aryl methyl sites for hydroxylation is 1. The van der Waals surface area contributed by atoms with Crippen LogP contribution in [0.25, 0.3) is 10.2 Å². The van der Waals surface area contributed by atoms with E-state index in [1.807, 2.05) is 13.0 Å². The van der Waals surface area contributed by atoms with Gasteiger partial charge in [-0.1, -0.05) is 20.8 Å². The van der Waals surface area contributed by atoms with Crippen molar-refractivity contribution in [3.8, 4) is 0 Å². The van der Waals surface area contributed by atoms with Gasteiger partial charge in [0.1, 0.15) is 4.83 Å². The second kappa shape index (κ2) is 3.81. The predicted molar refractivity (Wildman–Crippen MR) is 65.9 cm³/mol. The van der Waals surface area contributed by atoms with Crippen LogP contribution in [-0.2, 0) is 6.42 Å². The standard InChI is InChI=1S/C12H15NOS/c1-4-8-5-9-6-10(7(2)3)15-12(9)13-11(8)14/h5-7H,4H2,1-3H3,(H,13,14). The first-order chi connectivity index (χ1) is 7.11. The molecular weight excluding hydrogens is 206 g/mol. The van der Waals surface area contributed by atoms with E-state index in [9.17, 15) is 4.79 Å². The summed E-state index contributed by atoms with van der Waals surface area (Å²) in [5.41, 5.74) is 0.928. The summed E-state index contributed by atoms with van der Waals surface area (Å²) in [6.07, 6.45) is 0.790. The maximum absolute atomic E-state index is 11.6. The fourth-order valence-corrected chi connectivity index (χ4v) is 2.65. The van der Waals surface area contributed by atoms with E-state index in [2.05, 4.69) is 24.9 Å². The average molecular weight is 221 g/mol. The first-order valence-electron chi connectivity index (χ1n) is 5.27. The highest BCUT2D eigenvalue weighted by atomic mass is 32.1. The highest BCUT2D eigenvalue weighted by Crippen LogP contribution is 2.28. The van der Waals surface area contributed by atoms with Gasteiger partial charge in [-0.05, 0) is 24.5 Å². The van der Waals surface area contributed by atoms with Gasteiger partial charge in [0.2, 0.25) is 0 Å². The Kier molecular flexibility index (Phi) is 2.65. The fraction of sp³-hybridized carbons (Fsp3) is 0.417. The molecule has 0 atom stereocenters. The van der Waals surface area contributed by atoms with Crippen LogP contribution in [0.5, 0.6) is 0 Å². The molecular formula is C12H15NOS. The minimum atomic E-state index is 0.0576. The molecule has 0 radical (unpaired) electrons. The van der Waals surface area contributed by atoms with Gasteiger partial charge in [-0.2, -0.15) is 0 Å². The third-order valence-corrected chi connectivity index (χ3v) is 3.95. The van der Waals surface area contributed by atoms with Gasteiger partial charge in [-0.25, -0.2) is 0 Å². The van der Waals surface area contributed by atoms with E-state index in [0.29, 0.717) is 5.92 Å². The second-order valence-electron chi connectivity index (χ2n) is 4.07. The molecule has 0 saturated carbocycles. The molecule has 0 aliphatic carbocycles. The number of fused-ring (bicyclic) bond motifs is 1. The van der Waals surface area contributed by atoms with Crippen molar-refractivity contribution in [3.63, 3.8) is 0 Å². The van der Waals surface area contributed by atoms with E-state index in [1.54, 1.807) is 11.3 Å². The van der Waals surface area contributed by atoms with Gasteiger partial charge < -0.3 is 4.98 Å². The lowest BCUT2D eigenvalue weighted by Gasteiger charge is -1.95. The van der Waals surface area contributed by atoms with E-state index in [4.69, 9.17) is 0 Å². The molecule has 3 heteroatoms. The molecule has 1 N–H and O–H groups in total. The maximum atomic E-state index is 11.6. The molecule has 0 aromatic carbocycles. The highest BCUT2D eigenvalue weighted by Gasteiger charge is 2.07. The van der Waals surface area contributed by atoms with Crippen molar-refractivity contribution in [2.75, 3.05) is 0 Å². The molecule has 0 amide bonds. The van der Waals surface area contributed by atoms with E-state index in [1.165, 1.54) is 10.3 Å². The van der Waals surface area contributed by atoms with Gasteiger partial charge in [-0.15, -0.1) is 11.3 Å². The third-order valence-electron chi connectivity index (χ3n) is 2.58. The molecule has 0 spiro atoms. The largest absolute Gasteiger partial charge is 0.313 e. The molecule has 2 aromatic heterocycles. The van der Waals surface area contributed by atoms with Gasteiger partial charge in [0.15, 0.2) is 0 Å². The molecule has 0 unspecified atom stereocenters. The second-order valence-corrected chi connectivity index (χ2v) is 5.15. The van der Waals surface area contributed by atoms with Crippen molar-refractivity contribution in [1.82, 2.24) is 4.98 Å². The van der Waals surface area contributed by atoms with Crippen LogP contribution in [0.3, 0.4) is 0 Å². The number of hydrogen-bond acceptors (Lipinski definition) is 2. The number of aromatic nitrogens is 1. The van der Waals surface area contributed by atoms with Crippen LogP contribution in [0.15, 0.2) is 16.9 Å². The zero-order chi connectivity index (χ0) is 11.0. The molecule has 80 valence electrons. The Morgan fingerprint density at radius 3 is 2.73 bits per heavy atom. The van der Waals surface area contributed by atoms with Crippen molar-refractivity contribution >= 4 is 21.6 Å². The molecule has 2 heterocycles. The van der Waals surface area contributed by atoms with Crippen molar-refractivity contribution in [2.24, 2.45) is 0 Å². The summed E-state index contributed by atoms with van der Waals surface area (Å²) in [6.45, 7) is 6.35. The van der Waals surface area contributed by atoms with Crippen LogP contribution in [0, 0.1) is 0 Å². The number of rotatable bonds is 2. The van der Waals surface area contributed by atoms with Gasteiger partial charge in [-0.3, -0.25) is 4.79 Å². The Bertz CT molecular complexity index is 536. The summed E-state index contributed by atoms with van der Waals surface area (Å²) >= 11 is 1.68. The average Bonchev–Trinajstić information content (AvgIpc) is 2.59. The molecule has 0 fully saturated rings. The summed E-state index contributed by atoms with van der Waals surface area (Å²) in [5, 5.41) is 1.17. The zero-order valence-electron chi connectivity index (χ0n) is 9.26. The Morgan fingerprint density at radius 2 is 2.13 bits per heavy atom. The summed E-state index contributed by atoms with van der Waals surface area (Å²) in [6, 6.07) is 4.19. The van der Waals surface area contributed by atoms with E-state index >= 15 is 0 Å². The molecule has 0 bridgehead atoms. The molecule has 0 saturated heterocycles. The molecule has 2 rings (SSSR count). The quantitative estimate of drug-likeness (QED) is 0.829. The first kappa shape index (κ1) is 10.4. The van der Waals surface area contributed by atoms with Crippen LogP contribution < -0.4 is 5.56 Å². The lowest BCUT2D eigenvalue weighted by atomic mass is 10.1. The molecule has 2 nitrogen and oxygen atoms in total. The first-order valence-corrected chi connectivity index (χ1v) is 6.09. The molecule has 2 aromatic rings. The predicted octanol–water partition coefficient (Wildman–Crippen LogP) is 3.28. The van der Waals surface area contributed by atoms with Gasteiger partial charge in [0.05, 0.1) is 0 Å². The van der Waals surface area contributed by atoms with Crippen molar-refractivity contribution in [3.05, 3.63) is 32.9 Å². The summed E-state index contributed by atoms with van der Waals surface area (Å²) in [7, 11) is 0. The smallest absolute Gasteiger partial charge is 0.252 e. The Balaban J connectivity index is 2.66. The minimum absolute atomic E-state index is 0.0576. The van der Waals surface area contributed by atoms with Crippen molar-refractivity contribution < 1.29 is 0 Å². The maximum Gasteiger partial charge on any atom is 0.252 e. The number of nitrogens with one attached hydrogen (secondary N) is 1. The topological polar surface area (TPSA) is 32.9 Å². The van der Waals surface area contributed by atoms with E-state index < -0.39 is 0 Å². The van der Waals surface area contributed by atoms with Gasteiger partial charge in [0.25, 0.3) is 5.56 Å². The van der Waals surface area contributed by atoms with Crippen LogP contribution in [0.1, 0.15) is 37.1 Å².